The smallest absolute Gasteiger partial charge is 0.270 e. The Bertz CT molecular complexity index is 1540. The van der Waals surface area contributed by atoms with Gasteiger partial charge >= 0.3 is 0 Å². The van der Waals surface area contributed by atoms with Gasteiger partial charge in [-0.2, -0.15) is 5.26 Å². The minimum absolute atomic E-state index is 0.0338. The number of carbonyl (C=O) groups is 1. The van der Waals surface area contributed by atoms with Gasteiger partial charge in [0.25, 0.3) is 11.5 Å². The maximum atomic E-state index is 13.4. The van der Waals surface area contributed by atoms with Crippen molar-refractivity contribution in [3.63, 3.8) is 0 Å². The van der Waals surface area contributed by atoms with Crippen molar-refractivity contribution in [2.45, 2.75) is 39.9 Å². The number of thiocarbonyl (C=S) groups is 1. The van der Waals surface area contributed by atoms with Gasteiger partial charge in [-0.25, -0.2) is 4.39 Å². The molecule has 0 unspecified atom stereocenters. The maximum absolute atomic E-state index is 13.4. The number of pyridine rings is 1. The number of ether oxygens (including phenoxy) is 1. The summed E-state index contributed by atoms with van der Waals surface area (Å²) >= 11 is 6.65. The van der Waals surface area contributed by atoms with E-state index in [0.29, 0.717) is 45.7 Å². The number of anilines is 1. The Morgan fingerprint density at radius 2 is 1.79 bits per heavy atom. The fourth-order valence-corrected chi connectivity index (χ4v) is 5.50. The van der Waals surface area contributed by atoms with Crippen molar-refractivity contribution in [1.82, 2.24) is 9.47 Å². The summed E-state index contributed by atoms with van der Waals surface area (Å²) in [6.07, 6.45) is 2.37. The number of aromatic nitrogens is 1. The summed E-state index contributed by atoms with van der Waals surface area (Å²) in [5.41, 5.74) is 2.42. The number of nitrogens with zero attached hydrogens (tertiary/aromatic N) is 3. The van der Waals surface area contributed by atoms with Crippen LogP contribution in [0.2, 0.25) is 0 Å². The van der Waals surface area contributed by atoms with Gasteiger partial charge in [0, 0.05) is 18.7 Å². The second kappa shape index (κ2) is 12.3. The van der Waals surface area contributed by atoms with Gasteiger partial charge < -0.3 is 10.1 Å². The molecule has 39 heavy (non-hydrogen) atoms. The van der Waals surface area contributed by atoms with E-state index < -0.39 is 0 Å². The zero-order valence-electron chi connectivity index (χ0n) is 21.8. The second-order valence-corrected chi connectivity index (χ2v) is 10.6. The van der Waals surface area contributed by atoms with Gasteiger partial charge in [0.2, 0.25) is 0 Å². The Morgan fingerprint density at radius 1 is 1.13 bits per heavy atom. The van der Waals surface area contributed by atoms with Crippen LogP contribution in [-0.4, -0.2) is 26.8 Å². The third kappa shape index (κ3) is 6.05. The van der Waals surface area contributed by atoms with E-state index in [0.717, 1.165) is 28.6 Å². The minimum atomic E-state index is -0.380. The SMILES string of the molecule is CCCn1c(NCc2ccc(OC)cc2)c(/C=C2/SC(=S)N(Cc3ccc(F)cc3)C2=O)c(C)c(C#N)c1=O. The molecule has 1 aliphatic heterocycles. The van der Waals surface area contributed by atoms with Crippen molar-refractivity contribution in [3.05, 3.63) is 97.4 Å². The zero-order chi connectivity index (χ0) is 28.1. The first-order valence-corrected chi connectivity index (χ1v) is 13.5. The van der Waals surface area contributed by atoms with Crippen LogP contribution in [0.15, 0.2) is 58.2 Å². The molecule has 1 fully saturated rings. The molecular weight excluding hydrogens is 535 g/mol. The molecule has 0 atom stereocenters. The molecule has 3 aromatic rings. The third-order valence-electron chi connectivity index (χ3n) is 6.34. The second-order valence-electron chi connectivity index (χ2n) is 8.93. The largest absolute Gasteiger partial charge is 0.497 e. The van der Waals surface area contributed by atoms with Crippen LogP contribution < -0.4 is 15.6 Å². The van der Waals surface area contributed by atoms with Crippen molar-refractivity contribution >= 4 is 46.1 Å². The van der Waals surface area contributed by atoms with Crippen LogP contribution in [0.5, 0.6) is 5.75 Å². The fraction of sp³-hybridized carbons (Fsp3) is 0.241. The summed E-state index contributed by atoms with van der Waals surface area (Å²) in [6.45, 7) is 4.67. The molecule has 1 N–H and O–H groups in total. The van der Waals surface area contributed by atoms with Crippen LogP contribution >= 0.6 is 24.0 Å². The molecule has 7 nitrogen and oxygen atoms in total. The molecule has 10 heteroatoms. The highest BCUT2D eigenvalue weighted by molar-refractivity contribution is 8.26. The zero-order valence-corrected chi connectivity index (χ0v) is 23.4. The van der Waals surface area contributed by atoms with E-state index in [4.69, 9.17) is 17.0 Å². The number of benzene rings is 2. The maximum Gasteiger partial charge on any atom is 0.270 e. The van der Waals surface area contributed by atoms with Gasteiger partial charge in [0.05, 0.1) is 18.6 Å². The first-order chi connectivity index (χ1) is 18.8. The number of methoxy groups -OCH3 is 1. The molecule has 0 saturated carbocycles. The fourth-order valence-electron chi connectivity index (χ4n) is 4.26. The highest BCUT2D eigenvalue weighted by Crippen LogP contribution is 2.36. The molecule has 0 spiro atoms. The van der Waals surface area contributed by atoms with Crippen molar-refractivity contribution < 1.29 is 13.9 Å². The predicted molar refractivity (Wildman–Crippen MR) is 156 cm³/mol. The molecule has 0 bridgehead atoms. The number of rotatable bonds is 9. The molecule has 200 valence electrons. The molecule has 2 aromatic carbocycles. The average Bonchev–Trinajstić information content (AvgIpc) is 3.20. The Morgan fingerprint density at radius 3 is 2.41 bits per heavy atom. The molecule has 1 saturated heterocycles. The van der Waals surface area contributed by atoms with Crippen LogP contribution in [0.3, 0.4) is 0 Å². The summed E-state index contributed by atoms with van der Waals surface area (Å²) < 4.78 is 20.5. The lowest BCUT2D eigenvalue weighted by Crippen LogP contribution is -2.28. The number of thioether (sulfide) groups is 1. The summed E-state index contributed by atoms with van der Waals surface area (Å²) in [7, 11) is 1.60. The summed E-state index contributed by atoms with van der Waals surface area (Å²) in [5, 5.41) is 13.2. The minimum Gasteiger partial charge on any atom is -0.497 e. The van der Waals surface area contributed by atoms with Crippen molar-refractivity contribution in [2.75, 3.05) is 12.4 Å². The van der Waals surface area contributed by atoms with Crippen molar-refractivity contribution in [1.29, 1.82) is 5.26 Å². The van der Waals surface area contributed by atoms with E-state index in [1.807, 2.05) is 37.3 Å². The number of carbonyl (C=O) groups excluding carboxylic acids is 1. The van der Waals surface area contributed by atoms with Gasteiger partial charge in [-0.3, -0.25) is 19.1 Å². The monoisotopic (exact) mass is 562 g/mol. The van der Waals surface area contributed by atoms with Gasteiger partial charge in [0.15, 0.2) is 0 Å². The van der Waals surface area contributed by atoms with Crippen LogP contribution in [0.1, 0.15) is 41.2 Å². The highest BCUT2D eigenvalue weighted by atomic mass is 32.2. The van der Waals surface area contributed by atoms with Crippen LogP contribution in [-0.2, 0) is 24.4 Å². The lowest BCUT2D eigenvalue weighted by atomic mass is 10.0. The van der Waals surface area contributed by atoms with E-state index in [2.05, 4.69) is 5.32 Å². The molecule has 1 aromatic heterocycles. The standard InChI is InChI=1S/C29H27FN4O3S2/c1-4-13-33-26(32-16-19-7-11-22(37-3)12-8-19)23(18(2)24(15-31)27(33)35)14-25-28(36)34(29(38)39-25)17-20-5-9-21(30)10-6-20/h5-12,14,32H,4,13,16-17H2,1-3H3/b25-14+. The van der Waals surface area contributed by atoms with Gasteiger partial charge in [-0.15, -0.1) is 0 Å². The number of hydrogen-bond donors (Lipinski definition) is 1. The first-order valence-electron chi connectivity index (χ1n) is 12.3. The molecular formula is C29H27FN4O3S2. The highest BCUT2D eigenvalue weighted by Gasteiger charge is 2.33. The average molecular weight is 563 g/mol. The molecule has 1 amide bonds. The Balaban J connectivity index is 1.75. The third-order valence-corrected chi connectivity index (χ3v) is 7.72. The molecule has 4 rings (SSSR count). The molecule has 1 aliphatic rings. The normalized spacial score (nSPS) is 14.1. The predicted octanol–water partition coefficient (Wildman–Crippen LogP) is 5.60. The molecule has 0 radical (unpaired) electrons. The van der Waals surface area contributed by atoms with Gasteiger partial charge in [-0.05, 0) is 60.4 Å². The van der Waals surface area contributed by atoms with E-state index in [1.54, 1.807) is 36.8 Å². The van der Waals surface area contributed by atoms with E-state index in [-0.39, 0.29) is 29.4 Å². The summed E-state index contributed by atoms with van der Waals surface area (Å²) in [5.74, 6) is 0.614. The molecule has 2 heterocycles. The van der Waals surface area contributed by atoms with Crippen LogP contribution in [0.4, 0.5) is 10.2 Å². The van der Waals surface area contributed by atoms with Crippen molar-refractivity contribution in [3.8, 4) is 11.8 Å². The number of hydrogen-bond acceptors (Lipinski definition) is 7. The van der Waals surface area contributed by atoms with Crippen molar-refractivity contribution in [2.24, 2.45) is 0 Å². The lowest BCUT2D eigenvalue weighted by molar-refractivity contribution is -0.122. The quantitative estimate of drug-likeness (QED) is 0.268. The Labute approximate surface area is 235 Å². The number of amides is 1. The van der Waals surface area contributed by atoms with Crippen LogP contribution in [0, 0.1) is 24.1 Å². The molecule has 0 aliphatic carbocycles. The number of nitriles is 1. The van der Waals surface area contributed by atoms with E-state index in [1.165, 1.54) is 17.0 Å². The van der Waals surface area contributed by atoms with Gasteiger partial charge in [-0.1, -0.05) is 55.2 Å². The van der Waals surface area contributed by atoms with Gasteiger partial charge in [0.1, 0.15) is 33.3 Å². The van der Waals surface area contributed by atoms with E-state index in [9.17, 15) is 19.2 Å². The van der Waals surface area contributed by atoms with Crippen LogP contribution in [0.25, 0.3) is 6.08 Å². The summed E-state index contributed by atoms with van der Waals surface area (Å²) in [4.78, 5) is 28.5. The van der Waals surface area contributed by atoms with E-state index >= 15 is 0 Å². The Kier molecular flexibility index (Phi) is 8.84. The topological polar surface area (TPSA) is 87.4 Å². The number of nitrogens with one attached hydrogen (secondary N) is 1. The summed E-state index contributed by atoms with van der Waals surface area (Å²) in [6, 6.07) is 15.5. The lowest BCUT2D eigenvalue weighted by Gasteiger charge is -2.20. The Hall–Kier alpha value is -3.94. The number of halogens is 1. The first kappa shape index (κ1) is 28.1.